The number of morpholine rings is 1. The van der Waals surface area contributed by atoms with E-state index in [2.05, 4.69) is 15.3 Å². The monoisotopic (exact) mass is 306 g/mol. The maximum absolute atomic E-state index is 13.9. The summed E-state index contributed by atoms with van der Waals surface area (Å²) < 4.78 is 20.6. The van der Waals surface area contributed by atoms with Gasteiger partial charge in [0.2, 0.25) is 5.95 Å². The van der Waals surface area contributed by atoms with Gasteiger partial charge < -0.3 is 10.1 Å². The van der Waals surface area contributed by atoms with Crippen molar-refractivity contribution in [3.8, 4) is 0 Å². The summed E-state index contributed by atoms with van der Waals surface area (Å²) in [5, 5.41) is 7.46. The molecule has 1 aliphatic heterocycles. The molecule has 1 aromatic heterocycles. The lowest BCUT2D eigenvalue weighted by atomic mass is 10.2. The zero-order valence-electron chi connectivity index (χ0n) is 12.2. The highest BCUT2D eigenvalue weighted by atomic mass is 35.5. The molecule has 0 spiro atoms. The summed E-state index contributed by atoms with van der Waals surface area (Å²) >= 11 is 0. The van der Waals surface area contributed by atoms with Gasteiger partial charge in [-0.1, -0.05) is 0 Å². The number of hydrogen-bond donors (Lipinski definition) is 1. The molecule has 116 valence electrons. The molecule has 0 unspecified atom stereocenters. The van der Waals surface area contributed by atoms with Crippen LogP contribution in [0.15, 0.2) is 0 Å². The van der Waals surface area contributed by atoms with Crippen molar-refractivity contribution in [1.29, 1.82) is 0 Å². The fourth-order valence-electron chi connectivity index (χ4n) is 2.28. The summed E-state index contributed by atoms with van der Waals surface area (Å²) in [6.07, 6.45) is 0. The lowest BCUT2D eigenvalue weighted by Gasteiger charge is -2.26. The molecular weight excluding hydrogens is 283 g/mol. The first-order valence-electron chi connectivity index (χ1n) is 6.95. The van der Waals surface area contributed by atoms with Gasteiger partial charge in [0.15, 0.2) is 0 Å². The van der Waals surface area contributed by atoms with E-state index in [1.165, 1.54) is 4.68 Å². The second kappa shape index (κ2) is 8.56. The van der Waals surface area contributed by atoms with Gasteiger partial charge in [0.1, 0.15) is 0 Å². The summed E-state index contributed by atoms with van der Waals surface area (Å²) in [6, 6.07) is 0. The van der Waals surface area contributed by atoms with Crippen LogP contribution in [-0.2, 0) is 17.8 Å². The smallest absolute Gasteiger partial charge is 0.216 e. The number of aryl methyl sites for hydroxylation is 2. The van der Waals surface area contributed by atoms with Crippen molar-refractivity contribution >= 4 is 12.4 Å². The van der Waals surface area contributed by atoms with Gasteiger partial charge in [0.25, 0.3) is 0 Å². The number of nitrogens with zero attached hydrogens (tertiary/aromatic N) is 3. The van der Waals surface area contributed by atoms with Gasteiger partial charge in [-0.25, -0.2) is 4.68 Å². The van der Waals surface area contributed by atoms with Crippen molar-refractivity contribution < 1.29 is 9.13 Å². The van der Waals surface area contributed by atoms with E-state index in [-0.39, 0.29) is 18.4 Å². The summed E-state index contributed by atoms with van der Waals surface area (Å²) in [6.45, 7) is 10.3. The minimum atomic E-state index is -0.209. The highest BCUT2D eigenvalue weighted by molar-refractivity contribution is 5.85. The zero-order valence-corrected chi connectivity index (χ0v) is 13.0. The Balaban J connectivity index is 0.00000200. The predicted molar refractivity (Wildman–Crippen MR) is 78.8 cm³/mol. The van der Waals surface area contributed by atoms with E-state index >= 15 is 0 Å². The van der Waals surface area contributed by atoms with Crippen molar-refractivity contribution in [3.63, 3.8) is 0 Å². The normalized spacial score (nSPS) is 16.1. The van der Waals surface area contributed by atoms with E-state index in [4.69, 9.17) is 4.74 Å². The summed E-state index contributed by atoms with van der Waals surface area (Å²) in [4.78, 5) is 2.36. The van der Waals surface area contributed by atoms with Crippen molar-refractivity contribution in [2.24, 2.45) is 0 Å². The Morgan fingerprint density at radius 2 is 2.05 bits per heavy atom. The van der Waals surface area contributed by atoms with Crippen LogP contribution in [0.4, 0.5) is 4.39 Å². The first kappa shape index (κ1) is 17.4. The minimum Gasteiger partial charge on any atom is -0.379 e. The van der Waals surface area contributed by atoms with Gasteiger partial charge in [-0.05, 0) is 13.8 Å². The highest BCUT2D eigenvalue weighted by Gasteiger charge is 2.14. The van der Waals surface area contributed by atoms with Crippen molar-refractivity contribution in [1.82, 2.24) is 20.0 Å². The summed E-state index contributed by atoms with van der Waals surface area (Å²) in [5.41, 5.74) is 1.46. The first-order valence-corrected chi connectivity index (χ1v) is 6.95. The zero-order chi connectivity index (χ0) is 13.7. The average Bonchev–Trinajstić information content (AvgIpc) is 2.71. The minimum absolute atomic E-state index is 0. The van der Waals surface area contributed by atoms with Crippen molar-refractivity contribution in [2.75, 3.05) is 39.4 Å². The topological polar surface area (TPSA) is 42.3 Å². The Bertz CT molecular complexity index is 407. The first-order chi connectivity index (χ1) is 9.22. The highest BCUT2D eigenvalue weighted by Crippen LogP contribution is 2.11. The maximum Gasteiger partial charge on any atom is 0.216 e. The molecule has 1 saturated heterocycles. The van der Waals surface area contributed by atoms with E-state index in [1.54, 1.807) is 0 Å². The van der Waals surface area contributed by atoms with Crippen LogP contribution in [0.1, 0.15) is 18.2 Å². The molecule has 5 nitrogen and oxygen atoms in total. The van der Waals surface area contributed by atoms with E-state index in [0.29, 0.717) is 18.7 Å². The van der Waals surface area contributed by atoms with Crippen LogP contribution in [0.3, 0.4) is 0 Å². The van der Waals surface area contributed by atoms with Gasteiger partial charge in [-0.15, -0.1) is 12.4 Å². The SMILES string of the molecule is CCn1nc(C)c(CNCCN2CCOCC2)c1F.Cl. The predicted octanol–water partition coefficient (Wildman–Crippen LogP) is 1.19. The standard InChI is InChI=1S/C13H23FN4O.ClH/c1-3-18-13(14)12(11(2)16-18)10-15-4-5-17-6-8-19-9-7-17;/h15H,3-10H2,1-2H3;1H. The molecule has 0 bridgehead atoms. The largest absolute Gasteiger partial charge is 0.379 e. The van der Waals surface area contributed by atoms with Gasteiger partial charge in [0.05, 0.1) is 18.9 Å². The van der Waals surface area contributed by atoms with Crippen LogP contribution >= 0.6 is 12.4 Å². The molecule has 7 heteroatoms. The summed E-state index contributed by atoms with van der Waals surface area (Å²) in [5.74, 6) is -0.209. The maximum atomic E-state index is 13.9. The number of ether oxygens (including phenoxy) is 1. The molecule has 1 aliphatic rings. The van der Waals surface area contributed by atoms with E-state index in [9.17, 15) is 4.39 Å². The molecule has 0 atom stereocenters. The molecule has 1 N–H and O–H groups in total. The number of nitrogens with one attached hydrogen (secondary N) is 1. The molecule has 1 fully saturated rings. The summed E-state index contributed by atoms with van der Waals surface area (Å²) in [7, 11) is 0. The fraction of sp³-hybridized carbons (Fsp3) is 0.769. The van der Waals surface area contributed by atoms with Gasteiger partial charge in [-0.2, -0.15) is 9.49 Å². The Morgan fingerprint density at radius 3 is 2.65 bits per heavy atom. The Hall–Kier alpha value is -0.690. The van der Waals surface area contributed by atoms with Crippen molar-refractivity contribution in [3.05, 3.63) is 17.2 Å². The van der Waals surface area contributed by atoms with E-state index in [0.717, 1.165) is 45.1 Å². The van der Waals surface area contributed by atoms with E-state index in [1.807, 2.05) is 13.8 Å². The quantitative estimate of drug-likeness (QED) is 0.802. The lowest BCUT2D eigenvalue weighted by Crippen LogP contribution is -2.40. The molecule has 0 saturated carbocycles. The molecule has 0 aromatic carbocycles. The number of hydrogen-bond acceptors (Lipinski definition) is 4. The Kier molecular flexibility index (Phi) is 7.43. The van der Waals surface area contributed by atoms with Crippen LogP contribution in [-0.4, -0.2) is 54.1 Å². The molecule has 20 heavy (non-hydrogen) atoms. The van der Waals surface area contributed by atoms with Crippen LogP contribution in [0.5, 0.6) is 0 Å². The molecule has 0 radical (unpaired) electrons. The molecule has 0 amide bonds. The van der Waals surface area contributed by atoms with Gasteiger partial charge in [0, 0.05) is 44.8 Å². The van der Waals surface area contributed by atoms with E-state index < -0.39 is 0 Å². The number of rotatable bonds is 6. The third-order valence-corrected chi connectivity index (χ3v) is 3.49. The van der Waals surface area contributed by atoms with Crippen molar-refractivity contribution in [2.45, 2.75) is 26.9 Å². The average molecular weight is 307 g/mol. The number of aromatic nitrogens is 2. The van der Waals surface area contributed by atoms with Gasteiger partial charge >= 0.3 is 0 Å². The molecule has 2 heterocycles. The van der Waals surface area contributed by atoms with Gasteiger partial charge in [-0.3, -0.25) is 4.90 Å². The lowest BCUT2D eigenvalue weighted by molar-refractivity contribution is 0.0384. The van der Waals surface area contributed by atoms with Crippen LogP contribution in [0, 0.1) is 12.9 Å². The molecular formula is C13H24ClFN4O. The third kappa shape index (κ3) is 4.41. The van der Waals surface area contributed by atoms with Crippen LogP contribution < -0.4 is 5.32 Å². The molecule has 1 aromatic rings. The molecule has 2 rings (SSSR count). The fourth-order valence-corrected chi connectivity index (χ4v) is 2.28. The third-order valence-electron chi connectivity index (χ3n) is 3.49. The molecule has 0 aliphatic carbocycles. The second-order valence-corrected chi connectivity index (χ2v) is 4.80. The van der Waals surface area contributed by atoms with Crippen LogP contribution in [0.2, 0.25) is 0 Å². The van der Waals surface area contributed by atoms with Crippen LogP contribution in [0.25, 0.3) is 0 Å². The number of halogens is 2. The Labute approximate surface area is 125 Å². The second-order valence-electron chi connectivity index (χ2n) is 4.80. The Morgan fingerprint density at radius 1 is 1.35 bits per heavy atom.